The SMILES string of the molecule is Cc1ccc([C@@H](C)NC(=O)c2ccc(-c3cnc4[nH]cc(C(=O)O)c4n3)s2)cc1. The predicted octanol–water partition coefficient (Wildman–Crippen LogP) is 4.18. The van der Waals surface area contributed by atoms with E-state index in [9.17, 15) is 14.7 Å². The van der Waals surface area contributed by atoms with Gasteiger partial charge in [0.1, 0.15) is 11.1 Å². The zero-order chi connectivity index (χ0) is 20.5. The number of carbonyl (C=O) groups is 2. The fourth-order valence-electron chi connectivity index (χ4n) is 2.98. The van der Waals surface area contributed by atoms with Gasteiger partial charge in [-0.15, -0.1) is 11.3 Å². The number of carbonyl (C=O) groups excluding carboxylic acids is 1. The number of H-pyrrole nitrogens is 1. The largest absolute Gasteiger partial charge is 0.478 e. The van der Waals surface area contributed by atoms with E-state index in [0.29, 0.717) is 21.7 Å². The molecule has 0 unspecified atom stereocenters. The second kappa shape index (κ2) is 7.48. The van der Waals surface area contributed by atoms with E-state index in [0.717, 1.165) is 10.4 Å². The molecule has 1 amide bonds. The number of aromatic amines is 1. The van der Waals surface area contributed by atoms with Gasteiger partial charge in [-0.2, -0.15) is 0 Å². The number of thiophene rings is 1. The number of aromatic carboxylic acids is 1. The molecule has 29 heavy (non-hydrogen) atoms. The lowest BCUT2D eigenvalue weighted by Crippen LogP contribution is -2.25. The number of hydrogen-bond acceptors (Lipinski definition) is 5. The maximum absolute atomic E-state index is 12.6. The number of rotatable bonds is 5. The number of nitrogens with zero attached hydrogens (tertiary/aromatic N) is 2. The normalized spacial score (nSPS) is 12.1. The Balaban J connectivity index is 1.55. The van der Waals surface area contributed by atoms with Gasteiger partial charge in [0, 0.05) is 6.20 Å². The molecule has 7 nitrogen and oxygen atoms in total. The van der Waals surface area contributed by atoms with E-state index >= 15 is 0 Å². The summed E-state index contributed by atoms with van der Waals surface area (Å²) in [7, 11) is 0. The molecule has 4 rings (SSSR count). The lowest BCUT2D eigenvalue weighted by atomic mass is 10.1. The third-order valence-corrected chi connectivity index (χ3v) is 5.72. The highest BCUT2D eigenvalue weighted by Crippen LogP contribution is 2.28. The molecule has 1 aromatic carbocycles. The number of nitrogens with one attached hydrogen (secondary N) is 2. The minimum Gasteiger partial charge on any atom is -0.478 e. The molecule has 0 aliphatic rings. The van der Waals surface area contributed by atoms with Crippen LogP contribution in [0.25, 0.3) is 21.7 Å². The molecule has 8 heteroatoms. The van der Waals surface area contributed by atoms with Crippen LogP contribution in [0.2, 0.25) is 0 Å². The van der Waals surface area contributed by atoms with E-state index in [1.807, 2.05) is 38.1 Å². The first-order valence-corrected chi connectivity index (χ1v) is 9.79. The summed E-state index contributed by atoms with van der Waals surface area (Å²) in [6, 6.07) is 11.4. The first kappa shape index (κ1) is 18.8. The molecule has 1 atom stereocenters. The molecule has 3 aromatic heterocycles. The van der Waals surface area contributed by atoms with E-state index in [-0.39, 0.29) is 17.5 Å². The Labute approximate surface area is 170 Å². The quantitative estimate of drug-likeness (QED) is 0.461. The molecule has 0 aliphatic heterocycles. The molecule has 0 saturated heterocycles. The van der Waals surface area contributed by atoms with E-state index < -0.39 is 5.97 Å². The van der Waals surface area contributed by atoms with Gasteiger partial charge in [-0.25, -0.2) is 14.8 Å². The summed E-state index contributed by atoms with van der Waals surface area (Å²) in [5.41, 5.74) is 3.49. The number of carboxylic acids is 1. The standard InChI is InChI=1S/C21H18N4O3S/c1-11-3-5-13(6-4-11)12(2)24-20(26)17-8-7-16(29-17)15-10-23-19-18(25-15)14(9-22-19)21(27)28/h3-10,12H,1-2H3,(H,22,23)(H,24,26)(H,27,28)/t12-/m1/s1. The van der Waals surface area contributed by atoms with Crippen molar-refractivity contribution in [3.05, 3.63) is 70.4 Å². The topological polar surface area (TPSA) is 108 Å². The molecule has 0 bridgehead atoms. The molecular formula is C21H18N4O3S. The van der Waals surface area contributed by atoms with Gasteiger partial charge in [0.05, 0.1) is 27.7 Å². The summed E-state index contributed by atoms with van der Waals surface area (Å²) in [6.07, 6.45) is 2.93. The summed E-state index contributed by atoms with van der Waals surface area (Å²) in [5.74, 6) is -1.24. The molecule has 0 saturated carbocycles. The maximum Gasteiger partial charge on any atom is 0.339 e. The average molecular weight is 406 g/mol. The third-order valence-electron chi connectivity index (χ3n) is 4.62. The molecule has 146 valence electrons. The van der Waals surface area contributed by atoms with Crippen LogP contribution in [0, 0.1) is 6.92 Å². The Hall–Kier alpha value is -3.52. The second-order valence-corrected chi connectivity index (χ2v) is 7.81. The number of aryl methyl sites for hydroxylation is 1. The fourth-order valence-corrected chi connectivity index (χ4v) is 3.84. The Morgan fingerprint density at radius 1 is 1.17 bits per heavy atom. The molecule has 3 heterocycles. The van der Waals surface area contributed by atoms with Gasteiger partial charge in [-0.3, -0.25) is 4.79 Å². The van der Waals surface area contributed by atoms with Gasteiger partial charge < -0.3 is 15.4 Å². The molecular weight excluding hydrogens is 388 g/mol. The van der Waals surface area contributed by atoms with Crippen molar-refractivity contribution in [3.8, 4) is 10.6 Å². The zero-order valence-corrected chi connectivity index (χ0v) is 16.6. The van der Waals surface area contributed by atoms with E-state index in [1.54, 1.807) is 18.3 Å². The maximum atomic E-state index is 12.6. The van der Waals surface area contributed by atoms with E-state index in [2.05, 4.69) is 20.3 Å². The number of carboxylic acid groups (broad SMARTS) is 1. The van der Waals surface area contributed by atoms with Crippen LogP contribution in [0.1, 0.15) is 44.1 Å². The lowest BCUT2D eigenvalue weighted by Gasteiger charge is -2.13. The monoisotopic (exact) mass is 406 g/mol. The van der Waals surface area contributed by atoms with E-state index in [4.69, 9.17) is 0 Å². The van der Waals surface area contributed by atoms with Gasteiger partial charge in [0.15, 0.2) is 5.65 Å². The number of hydrogen-bond donors (Lipinski definition) is 3. The van der Waals surface area contributed by atoms with Crippen molar-refractivity contribution in [1.82, 2.24) is 20.3 Å². The van der Waals surface area contributed by atoms with Crippen LogP contribution in [0.3, 0.4) is 0 Å². The van der Waals surface area contributed by atoms with Crippen LogP contribution in [0.15, 0.2) is 48.8 Å². The number of amides is 1. The van der Waals surface area contributed by atoms with Crippen LogP contribution in [-0.2, 0) is 0 Å². The molecule has 4 aromatic rings. The summed E-state index contributed by atoms with van der Waals surface area (Å²) in [4.78, 5) is 36.7. The summed E-state index contributed by atoms with van der Waals surface area (Å²) < 4.78 is 0. The van der Waals surface area contributed by atoms with Crippen molar-refractivity contribution in [3.63, 3.8) is 0 Å². The smallest absolute Gasteiger partial charge is 0.339 e. The minimum absolute atomic E-state index is 0.0656. The van der Waals surface area contributed by atoms with Crippen LogP contribution < -0.4 is 5.32 Å². The van der Waals surface area contributed by atoms with Crippen LogP contribution in [0.4, 0.5) is 0 Å². The number of benzene rings is 1. The Morgan fingerprint density at radius 3 is 2.66 bits per heavy atom. The number of aromatic nitrogens is 3. The molecule has 0 fully saturated rings. The van der Waals surface area contributed by atoms with Gasteiger partial charge in [0.25, 0.3) is 5.91 Å². The summed E-state index contributed by atoms with van der Waals surface area (Å²) in [5, 5.41) is 12.3. The van der Waals surface area contributed by atoms with Crippen LogP contribution in [-0.4, -0.2) is 31.9 Å². The van der Waals surface area contributed by atoms with Crippen molar-refractivity contribution in [2.24, 2.45) is 0 Å². The molecule has 3 N–H and O–H groups in total. The lowest BCUT2D eigenvalue weighted by molar-refractivity contribution is 0.0698. The average Bonchev–Trinajstić information content (AvgIpc) is 3.35. The fraction of sp³-hybridized carbons (Fsp3) is 0.143. The van der Waals surface area contributed by atoms with Crippen molar-refractivity contribution in [2.45, 2.75) is 19.9 Å². The third kappa shape index (κ3) is 3.74. The van der Waals surface area contributed by atoms with Gasteiger partial charge >= 0.3 is 5.97 Å². The highest BCUT2D eigenvalue weighted by atomic mass is 32.1. The van der Waals surface area contributed by atoms with Crippen molar-refractivity contribution >= 4 is 34.4 Å². The number of fused-ring (bicyclic) bond motifs is 1. The Kier molecular flexibility index (Phi) is 4.85. The van der Waals surface area contributed by atoms with Crippen molar-refractivity contribution in [1.29, 1.82) is 0 Å². The highest BCUT2D eigenvalue weighted by Gasteiger charge is 2.17. The summed E-state index contributed by atoms with van der Waals surface area (Å²) >= 11 is 1.29. The first-order valence-electron chi connectivity index (χ1n) is 8.97. The molecule has 0 radical (unpaired) electrons. The Bertz CT molecular complexity index is 1210. The first-order chi connectivity index (χ1) is 13.9. The van der Waals surface area contributed by atoms with E-state index in [1.165, 1.54) is 23.1 Å². The van der Waals surface area contributed by atoms with Crippen LogP contribution in [0.5, 0.6) is 0 Å². The minimum atomic E-state index is -1.07. The van der Waals surface area contributed by atoms with Crippen molar-refractivity contribution < 1.29 is 14.7 Å². The van der Waals surface area contributed by atoms with Crippen LogP contribution >= 0.6 is 11.3 Å². The second-order valence-electron chi connectivity index (χ2n) is 6.73. The van der Waals surface area contributed by atoms with Crippen molar-refractivity contribution in [2.75, 3.05) is 0 Å². The Morgan fingerprint density at radius 2 is 1.93 bits per heavy atom. The molecule has 0 aliphatic carbocycles. The zero-order valence-electron chi connectivity index (χ0n) is 15.8. The summed E-state index contributed by atoms with van der Waals surface area (Å²) in [6.45, 7) is 3.96. The highest BCUT2D eigenvalue weighted by molar-refractivity contribution is 7.17. The van der Waals surface area contributed by atoms with Gasteiger partial charge in [-0.1, -0.05) is 29.8 Å². The predicted molar refractivity (Wildman–Crippen MR) is 111 cm³/mol. The van der Waals surface area contributed by atoms with Gasteiger partial charge in [0.2, 0.25) is 0 Å². The van der Waals surface area contributed by atoms with Gasteiger partial charge in [-0.05, 0) is 31.5 Å². The molecule has 0 spiro atoms.